The molecule has 0 saturated heterocycles. The van der Waals surface area contributed by atoms with E-state index in [1.165, 1.54) is 0 Å². The van der Waals surface area contributed by atoms with E-state index in [4.69, 9.17) is 5.73 Å². The number of nitrogens with zero attached hydrogens (tertiary/aromatic N) is 2. The van der Waals surface area contributed by atoms with Crippen molar-refractivity contribution in [3.63, 3.8) is 0 Å². The number of rotatable bonds is 4. The van der Waals surface area contributed by atoms with E-state index in [2.05, 4.69) is 28.8 Å². The van der Waals surface area contributed by atoms with Gasteiger partial charge in [-0.25, -0.2) is 0 Å². The molecule has 0 spiro atoms. The van der Waals surface area contributed by atoms with Crippen molar-refractivity contribution in [3.8, 4) is 11.3 Å². The molecule has 30 heavy (non-hydrogen) atoms. The second-order valence-corrected chi connectivity index (χ2v) is 7.59. The number of aryl methyl sites for hydroxylation is 1. The molecule has 0 aliphatic carbocycles. The maximum atomic E-state index is 13.2. The monoisotopic (exact) mass is 395 g/mol. The average molecular weight is 395 g/mol. The molecule has 4 aromatic rings. The summed E-state index contributed by atoms with van der Waals surface area (Å²) >= 11 is 0. The number of nitrogens with two attached hydrogens (primary N) is 1. The summed E-state index contributed by atoms with van der Waals surface area (Å²) < 4.78 is 2.16. The third kappa shape index (κ3) is 2.63. The predicted molar refractivity (Wildman–Crippen MR) is 117 cm³/mol. The van der Waals surface area contributed by atoms with Gasteiger partial charge in [-0.15, -0.1) is 0 Å². The number of amides is 2. The first kappa shape index (κ1) is 18.2. The summed E-state index contributed by atoms with van der Waals surface area (Å²) in [6.45, 7) is -0.129. The van der Waals surface area contributed by atoms with Gasteiger partial charge in [0.15, 0.2) is 0 Å². The number of fused-ring (bicyclic) bond motifs is 2. The van der Waals surface area contributed by atoms with Crippen molar-refractivity contribution >= 4 is 22.7 Å². The lowest BCUT2D eigenvalue weighted by Gasteiger charge is -2.25. The summed E-state index contributed by atoms with van der Waals surface area (Å²) in [5.74, 6) is -0.691. The zero-order valence-corrected chi connectivity index (χ0v) is 16.6. The van der Waals surface area contributed by atoms with Crippen molar-refractivity contribution in [2.24, 2.45) is 12.8 Å². The summed E-state index contributed by atoms with van der Waals surface area (Å²) in [6, 6.07) is 25.5. The van der Waals surface area contributed by atoms with Gasteiger partial charge in [0.25, 0.3) is 5.91 Å². The number of carbonyl (C=O) groups is 2. The molecule has 2 N–H and O–H groups in total. The highest BCUT2D eigenvalue weighted by atomic mass is 16.2. The summed E-state index contributed by atoms with van der Waals surface area (Å²) in [6.07, 6.45) is 0. The van der Waals surface area contributed by atoms with Crippen LogP contribution in [0.5, 0.6) is 0 Å². The quantitative estimate of drug-likeness (QED) is 0.570. The third-order valence-corrected chi connectivity index (χ3v) is 5.85. The smallest absolute Gasteiger partial charge is 0.255 e. The van der Waals surface area contributed by atoms with E-state index in [1.807, 2.05) is 61.6 Å². The highest BCUT2D eigenvalue weighted by molar-refractivity contribution is 6.03. The number of hydrogen-bond acceptors (Lipinski definition) is 2. The van der Waals surface area contributed by atoms with Crippen molar-refractivity contribution in [3.05, 3.63) is 95.6 Å². The van der Waals surface area contributed by atoms with Crippen LogP contribution >= 0.6 is 0 Å². The Morgan fingerprint density at radius 3 is 2.37 bits per heavy atom. The molecule has 1 aliphatic rings. The molecule has 1 atom stereocenters. The molecule has 1 aliphatic heterocycles. The molecule has 0 saturated carbocycles. The van der Waals surface area contributed by atoms with Crippen LogP contribution in [-0.4, -0.2) is 27.8 Å². The predicted octanol–water partition coefficient (Wildman–Crippen LogP) is 3.88. The van der Waals surface area contributed by atoms with Gasteiger partial charge in [-0.1, -0.05) is 66.7 Å². The number of primary amides is 1. The summed E-state index contributed by atoms with van der Waals surface area (Å²) in [5.41, 5.74) is 11.2. The van der Waals surface area contributed by atoms with Crippen LogP contribution in [-0.2, 0) is 11.8 Å². The van der Waals surface area contributed by atoms with Crippen LogP contribution in [0.15, 0.2) is 78.9 Å². The third-order valence-electron chi connectivity index (χ3n) is 5.85. The fourth-order valence-electron chi connectivity index (χ4n) is 4.66. The number of aromatic nitrogens is 1. The Kier molecular flexibility index (Phi) is 4.17. The highest BCUT2D eigenvalue weighted by Gasteiger charge is 2.41. The summed E-state index contributed by atoms with van der Waals surface area (Å²) in [7, 11) is 2.04. The molecule has 0 radical (unpaired) electrons. The molecule has 0 fully saturated rings. The van der Waals surface area contributed by atoms with E-state index in [9.17, 15) is 9.59 Å². The number of hydrogen-bond donors (Lipinski definition) is 1. The second kappa shape index (κ2) is 6.88. The fraction of sp³-hybridized carbons (Fsp3) is 0.120. The minimum Gasteiger partial charge on any atom is -0.368 e. The van der Waals surface area contributed by atoms with E-state index in [1.54, 1.807) is 4.90 Å². The second-order valence-electron chi connectivity index (χ2n) is 7.59. The minimum absolute atomic E-state index is 0.129. The molecular weight excluding hydrogens is 374 g/mol. The first-order valence-corrected chi connectivity index (χ1v) is 9.89. The molecule has 2 heterocycles. The van der Waals surface area contributed by atoms with Crippen molar-refractivity contribution in [2.45, 2.75) is 6.04 Å². The lowest BCUT2D eigenvalue weighted by Crippen LogP contribution is -2.37. The molecule has 1 aromatic heterocycles. The Hall–Kier alpha value is -3.86. The van der Waals surface area contributed by atoms with Gasteiger partial charge in [-0.3, -0.25) is 9.59 Å². The zero-order valence-electron chi connectivity index (χ0n) is 16.6. The Labute approximate surface area is 174 Å². The largest absolute Gasteiger partial charge is 0.368 e. The van der Waals surface area contributed by atoms with Gasteiger partial charge in [0.2, 0.25) is 5.91 Å². The van der Waals surface area contributed by atoms with Gasteiger partial charge in [0.05, 0.1) is 11.7 Å². The zero-order chi connectivity index (χ0) is 20.8. The first-order chi connectivity index (χ1) is 14.6. The van der Waals surface area contributed by atoms with Gasteiger partial charge in [0.1, 0.15) is 6.54 Å². The Balaban J connectivity index is 1.86. The molecule has 3 aromatic carbocycles. The van der Waals surface area contributed by atoms with Crippen LogP contribution in [0.25, 0.3) is 22.2 Å². The van der Waals surface area contributed by atoms with Gasteiger partial charge in [0, 0.05) is 29.1 Å². The average Bonchev–Trinajstić information content (AvgIpc) is 3.20. The maximum absolute atomic E-state index is 13.2. The molecule has 5 rings (SSSR count). The SMILES string of the molecule is Cn1c(-c2ccccc2)c(C2c3ccccc3C(=O)N2CC(N)=O)c2ccccc21. The molecule has 0 bridgehead atoms. The topological polar surface area (TPSA) is 68.3 Å². The maximum Gasteiger partial charge on any atom is 0.255 e. The van der Waals surface area contributed by atoms with Crippen LogP contribution in [0.3, 0.4) is 0 Å². The molecule has 1 unspecified atom stereocenters. The number of para-hydroxylation sites is 1. The van der Waals surface area contributed by atoms with Crippen molar-refractivity contribution in [1.82, 2.24) is 9.47 Å². The minimum atomic E-state index is -0.525. The van der Waals surface area contributed by atoms with Crippen LogP contribution < -0.4 is 5.73 Å². The number of benzene rings is 3. The van der Waals surface area contributed by atoms with Crippen molar-refractivity contribution < 1.29 is 9.59 Å². The van der Waals surface area contributed by atoms with Crippen molar-refractivity contribution in [1.29, 1.82) is 0 Å². The van der Waals surface area contributed by atoms with E-state index in [0.29, 0.717) is 5.56 Å². The van der Waals surface area contributed by atoms with Crippen LogP contribution in [0.4, 0.5) is 0 Å². The Morgan fingerprint density at radius 1 is 0.933 bits per heavy atom. The van der Waals surface area contributed by atoms with Crippen molar-refractivity contribution in [2.75, 3.05) is 6.54 Å². The molecule has 148 valence electrons. The summed E-state index contributed by atoms with van der Waals surface area (Å²) in [4.78, 5) is 26.7. The fourth-order valence-corrected chi connectivity index (χ4v) is 4.66. The van der Waals surface area contributed by atoms with Crippen LogP contribution in [0.2, 0.25) is 0 Å². The van der Waals surface area contributed by atoms with Gasteiger partial charge in [-0.05, 0) is 23.3 Å². The lowest BCUT2D eigenvalue weighted by atomic mass is 9.93. The van der Waals surface area contributed by atoms with Gasteiger partial charge >= 0.3 is 0 Å². The molecule has 5 nitrogen and oxygen atoms in total. The number of carbonyl (C=O) groups excluding carboxylic acids is 2. The highest BCUT2D eigenvalue weighted by Crippen LogP contribution is 2.46. The first-order valence-electron chi connectivity index (χ1n) is 9.89. The van der Waals surface area contributed by atoms with Crippen LogP contribution in [0.1, 0.15) is 27.5 Å². The normalized spacial score (nSPS) is 15.6. The standard InChI is InChI=1S/C25H21N3O2/c1-27-20-14-8-7-13-19(20)22(23(27)16-9-3-2-4-10-16)24-17-11-5-6-12-18(17)25(30)28(24)15-21(26)29/h2-14,24H,15H2,1H3,(H2,26,29). The van der Waals surface area contributed by atoms with Gasteiger partial charge in [-0.2, -0.15) is 0 Å². The Morgan fingerprint density at radius 2 is 1.60 bits per heavy atom. The van der Waals surface area contributed by atoms with E-state index in [-0.39, 0.29) is 18.5 Å². The lowest BCUT2D eigenvalue weighted by molar-refractivity contribution is -0.118. The van der Waals surface area contributed by atoms with Gasteiger partial charge < -0.3 is 15.2 Å². The van der Waals surface area contributed by atoms with E-state index >= 15 is 0 Å². The molecular formula is C25H21N3O2. The summed E-state index contributed by atoms with van der Waals surface area (Å²) in [5, 5.41) is 1.06. The Bertz CT molecular complexity index is 1290. The van der Waals surface area contributed by atoms with E-state index in [0.717, 1.165) is 33.3 Å². The van der Waals surface area contributed by atoms with E-state index < -0.39 is 5.91 Å². The molecule has 2 amide bonds. The van der Waals surface area contributed by atoms with Crippen LogP contribution in [0, 0.1) is 0 Å². The molecule has 5 heteroatoms.